The van der Waals surface area contributed by atoms with Gasteiger partial charge in [0.25, 0.3) is 0 Å². The lowest BCUT2D eigenvalue weighted by atomic mass is 10.2. The molecule has 1 rings (SSSR count). The van der Waals surface area contributed by atoms with E-state index in [4.69, 9.17) is 12.2 Å². The molecule has 15 heavy (non-hydrogen) atoms. The molecule has 80 valence electrons. The zero-order chi connectivity index (χ0) is 11.6. The monoisotopic (exact) mass is 279 g/mol. The fourth-order valence-corrected chi connectivity index (χ4v) is 1.34. The predicted molar refractivity (Wildman–Crippen MR) is 53.2 cm³/mol. The molecule has 2 N–H and O–H groups in total. The molecule has 0 aliphatic rings. The van der Waals surface area contributed by atoms with Gasteiger partial charge in [-0.25, -0.2) is 0 Å². The molecule has 0 radical (unpaired) electrons. The molecule has 1 aromatic rings. The van der Waals surface area contributed by atoms with E-state index in [9.17, 15) is 13.2 Å². The second-order valence-electron chi connectivity index (χ2n) is 2.56. The van der Waals surface area contributed by atoms with Gasteiger partial charge < -0.3 is 10.5 Å². The average molecular weight is 280 g/mol. The van der Waals surface area contributed by atoms with Gasteiger partial charge in [-0.3, -0.25) is 0 Å². The van der Waals surface area contributed by atoms with Crippen LogP contribution in [0.25, 0.3) is 0 Å². The summed E-state index contributed by atoms with van der Waals surface area (Å²) in [6.07, 6.45) is 0.316. The number of anilines is 1. The van der Waals surface area contributed by atoms with E-state index in [2.05, 4.69) is 26.6 Å². The van der Waals surface area contributed by atoms with Gasteiger partial charge in [-0.2, -0.15) is 0 Å². The number of nitrogens with two attached hydrogens (primary N) is 1. The van der Waals surface area contributed by atoms with Crippen molar-refractivity contribution in [2.24, 2.45) is 0 Å². The molecular formula is C9H5BrF3NO. The van der Waals surface area contributed by atoms with Crippen molar-refractivity contribution in [3.05, 3.63) is 22.2 Å². The highest BCUT2D eigenvalue weighted by atomic mass is 79.9. The quantitative estimate of drug-likeness (QED) is 0.634. The Morgan fingerprint density at radius 1 is 1.40 bits per heavy atom. The van der Waals surface area contributed by atoms with Crippen LogP contribution in [-0.2, 0) is 0 Å². The molecule has 0 aromatic heterocycles. The van der Waals surface area contributed by atoms with Crippen molar-refractivity contribution in [2.75, 3.05) is 5.73 Å². The molecule has 0 fully saturated rings. The maximum atomic E-state index is 11.9. The zero-order valence-corrected chi connectivity index (χ0v) is 8.82. The van der Waals surface area contributed by atoms with E-state index in [-0.39, 0.29) is 15.7 Å². The smallest absolute Gasteiger partial charge is 0.406 e. The van der Waals surface area contributed by atoms with E-state index < -0.39 is 12.1 Å². The first-order chi connectivity index (χ1) is 6.83. The molecule has 0 aliphatic heterocycles. The number of halogens is 4. The van der Waals surface area contributed by atoms with Gasteiger partial charge in [-0.05, 0) is 28.1 Å². The van der Waals surface area contributed by atoms with E-state index in [1.54, 1.807) is 0 Å². The van der Waals surface area contributed by atoms with E-state index in [1.165, 1.54) is 0 Å². The van der Waals surface area contributed by atoms with Crippen molar-refractivity contribution < 1.29 is 17.9 Å². The number of nitrogen functional groups attached to an aromatic ring is 1. The van der Waals surface area contributed by atoms with Crippen LogP contribution in [0.5, 0.6) is 5.75 Å². The number of rotatable bonds is 1. The fraction of sp³-hybridized carbons (Fsp3) is 0.111. The summed E-state index contributed by atoms with van der Waals surface area (Å²) in [6.45, 7) is 0. The van der Waals surface area contributed by atoms with Gasteiger partial charge in [-0.15, -0.1) is 19.6 Å². The Hall–Kier alpha value is -1.35. The second kappa shape index (κ2) is 4.03. The first-order valence-corrected chi connectivity index (χ1v) is 4.44. The molecule has 6 heteroatoms. The first-order valence-electron chi connectivity index (χ1n) is 3.65. The van der Waals surface area contributed by atoms with Crippen LogP contribution in [0.15, 0.2) is 16.6 Å². The van der Waals surface area contributed by atoms with E-state index in [0.29, 0.717) is 0 Å². The number of alkyl halides is 3. The lowest BCUT2D eigenvalue weighted by Crippen LogP contribution is -2.17. The molecule has 0 atom stereocenters. The SMILES string of the molecule is C#Cc1cc(OC(F)(F)F)cc(Br)c1N. The Labute approximate surface area is 92.3 Å². The van der Waals surface area contributed by atoms with Gasteiger partial charge in [0, 0.05) is 4.47 Å². The third-order valence-electron chi connectivity index (χ3n) is 1.49. The maximum absolute atomic E-state index is 11.9. The summed E-state index contributed by atoms with van der Waals surface area (Å²) in [5, 5.41) is 0. The Kier molecular flexibility index (Phi) is 3.15. The van der Waals surface area contributed by atoms with Gasteiger partial charge in [0.2, 0.25) is 0 Å². The molecule has 0 unspecified atom stereocenters. The third-order valence-corrected chi connectivity index (χ3v) is 2.15. The second-order valence-corrected chi connectivity index (χ2v) is 3.41. The molecule has 0 heterocycles. The summed E-state index contributed by atoms with van der Waals surface area (Å²) in [5.41, 5.74) is 5.84. The largest absolute Gasteiger partial charge is 0.573 e. The number of hydrogen-bond acceptors (Lipinski definition) is 2. The third kappa shape index (κ3) is 3.06. The molecule has 0 saturated carbocycles. The highest BCUT2D eigenvalue weighted by Gasteiger charge is 2.31. The predicted octanol–water partition coefficient (Wildman–Crippen LogP) is 2.91. The molecule has 1 aromatic carbocycles. The molecule has 0 spiro atoms. The summed E-state index contributed by atoms with van der Waals surface area (Å²) in [6, 6.07) is 2.15. The van der Waals surface area contributed by atoms with Gasteiger partial charge in [0.15, 0.2) is 0 Å². The van der Waals surface area contributed by atoms with Gasteiger partial charge >= 0.3 is 6.36 Å². The van der Waals surface area contributed by atoms with Crippen LogP contribution < -0.4 is 10.5 Å². The standard InChI is InChI=1S/C9H5BrF3NO/c1-2-5-3-6(15-9(11,12)13)4-7(10)8(5)14/h1,3-4H,14H2. The van der Waals surface area contributed by atoms with Crippen LogP contribution in [-0.4, -0.2) is 6.36 Å². The normalized spacial score (nSPS) is 10.9. The number of hydrogen-bond donors (Lipinski definition) is 1. The number of terminal acetylenes is 1. The van der Waals surface area contributed by atoms with E-state index >= 15 is 0 Å². The Bertz CT molecular complexity index is 423. The Balaban J connectivity index is 3.13. The van der Waals surface area contributed by atoms with Crippen molar-refractivity contribution in [3.63, 3.8) is 0 Å². The van der Waals surface area contributed by atoms with Crippen molar-refractivity contribution in [3.8, 4) is 18.1 Å². The molecule has 0 bridgehead atoms. The van der Waals surface area contributed by atoms with Gasteiger partial charge in [0.1, 0.15) is 5.75 Å². The van der Waals surface area contributed by atoms with Crippen LogP contribution in [0, 0.1) is 12.3 Å². The maximum Gasteiger partial charge on any atom is 0.573 e. The summed E-state index contributed by atoms with van der Waals surface area (Å²) in [4.78, 5) is 0. The Morgan fingerprint density at radius 2 is 2.00 bits per heavy atom. The lowest BCUT2D eigenvalue weighted by molar-refractivity contribution is -0.274. The van der Waals surface area contributed by atoms with Crippen molar-refractivity contribution in [1.29, 1.82) is 0 Å². The van der Waals surface area contributed by atoms with Crippen LogP contribution >= 0.6 is 15.9 Å². The highest BCUT2D eigenvalue weighted by molar-refractivity contribution is 9.10. The first kappa shape index (κ1) is 11.7. The van der Waals surface area contributed by atoms with Crippen LogP contribution in [0.2, 0.25) is 0 Å². The average Bonchev–Trinajstić information content (AvgIpc) is 2.08. The molecule has 0 aliphatic carbocycles. The number of benzene rings is 1. The molecule has 2 nitrogen and oxygen atoms in total. The van der Waals surface area contributed by atoms with E-state index in [0.717, 1.165) is 12.1 Å². The lowest BCUT2D eigenvalue weighted by Gasteiger charge is -2.11. The fourth-order valence-electron chi connectivity index (χ4n) is 0.905. The van der Waals surface area contributed by atoms with E-state index in [1.807, 2.05) is 0 Å². The van der Waals surface area contributed by atoms with Crippen LogP contribution in [0.1, 0.15) is 5.56 Å². The van der Waals surface area contributed by atoms with Crippen LogP contribution in [0.4, 0.5) is 18.9 Å². The minimum absolute atomic E-state index is 0.142. The summed E-state index contributed by atoms with van der Waals surface area (Å²) in [7, 11) is 0. The molecule has 0 amide bonds. The van der Waals surface area contributed by atoms with Crippen LogP contribution in [0.3, 0.4) is 0 Å². The number of ether oxygens (including phenoxy) is 1. The van der Waals surface area contributed by atoms with Crippen molar-refractivity contribution >= 4 is 21.6 Å². The summed E-state index contributed by atoms with van der Waals surface area (Å²) >= 11 is 2.98. The molecule has 0 saturated heterocycles. The minimum Gasteiger partial charge on any atom is -0.406 e. The highest BCUT2D eigenvalue weighted by Crippen LogP contribution is 2.31. The Morgan fingerprint density at radius 3 is 2.47 bits per heavy atom. The van der Waals surface area contributed by atoms with Crippen molar-refractivity contribution in [1.82, 2.24) is 0 Å². The van der Waals surface area contributed by atoms with Gasteiger partial charge in [0.05, 0.1) is 11.3 Å². The topological polar surface area (TPSA) is 35.2 Å². The minimum atomic E-state index is -4.75. The van der Waals surface area contributed by atoms with Gasteiger partial charge in [-0.1, -0.05) is 5.92 Å². The summed E-state index contributed by atoms with van der Waals surface area (Å²) < 4.78 is 39.6. The molecular weight excluding hydrogens is 275 g/mol. The summed E-state index contributed by atoms with van der Waals surface area (Å²) in [5.74, 6) is 1.75. The zero-order valence-electron chi connectivity index (χ0n) is 7.23. The van der Waals surface area contributed by atoms with Crippen molar-refractivity contribution in [2.45, 2.75) is 6.36 Å².